The second-order valence-electron chi connectivity index (χ2n) is 6.53. The van der Waals surface area contributed by atoms with E-state index in [1.54, 1.807) is 25.3 Å². The van der Waals surface area contributed by atoms with Gasteiger partial charge in [-0.1, -0.05) is 35.9 Å². The Hall–Kier alpha value is -2.24. The van der Waals surface area contributed by atoms with Crippen LogP contribution in [0.25, 0.3) is 0 Å². The lowest BCUT2D eigenvalue weighted by atomic mass is 10.0. The maximum absolute atomic E-state index is 12.8. The lowest BCUT2D eigenvalue weighted by molar-refractivity contribution is 0.0934. The fourth-order valence-corrected chi connectivity index (χ4v) is 3.85. The molecule has 2 aromatic carbocycles. The van der Waals surface area contributed by atoms with Crippen LogP contribution in [0, 0.1) is 0 Å². The Bertz CT molecular complexity index is 791. The van der Waals surface area contributed by atoms with Gasteiger partial charge in [-0.05, 0) is 49.7 Å². The van der Waals surface area contributed by atoms with Gasteiger partial charge < -0.3 is 14.8 Å². The van der Waals surface area contributed by atoms with E-state index in [9.17, 15) is 4.79 Å². The van der Waals surface area contributed by atoms with Crippen molar-refractivity contribution in [3.8, 4) is 11.5 Å². The van der Waals surface area contributed by atoms with Crippen LogP contribution >= 0.6 is 11.6 Å². The SMILES string of the molecule is COc1cccc(C(=O)NC[C@@H](c2ccccc2Cl)N2CCCC2)c1OC. The van der Waals surface area contributed by atoms with Gasteiger partial charge in [-0.3, -0.25) is 9.69 Å². The Labute approximate surface area is 165 Å². The minimum atomic E-state index is -0.193. The van der Waals surface area contributed by atoms with Gasteiger partial charge in [-0.15, -0.1) is 0 Å². The number of carbonyl (C=O) groups excluding carboxylic acids is 1. The van der Waals surface area contributed by atoms with Gasteiger partial charge in [0.2, 0.25) is 0 Å². The topological polar surface area (TPSA) is 50.8 Å². The molecular weight excluding hydrogens is 364 g/mol. The minimum Gasteiger partial charge on any atom is -0.493 e. The van der Waals surface area contributed by atoms with Crippen LogP contribution in [-0.2, 0) is 0 Å². The molecule has 5 nitrogen and oxygen atoms in total. The number of nitrogens with one attached hydrogen (secondary N) is 1. The first-order valence-electron chi connectivity index (χ1n) is 9.13. The molecule has 1 aliphatic rings. The molecule has 1 fully saturated rings. The molecule has 0 spiro atoms. The second-order valence-corrected chi connectivity index (χ2v) is 6.94. The molecule has 0 bridgehead atoms. The van der Waals surface area contributed by atoms with E-state index in [0.29, 0.717) is 23.6 Å². The van der Waals surface area contributed by atoms with Crippen LogP contribution in [0.3, 0.4) is 0 Å². The zero-order chi connectivity index (χ0) is 19.2. The molecule has 27 heavy (non-hydrogen) atoms. The summed E-state index contributed by atoms with van der Waals surface area (Å²) in [5.74, 6) is 0.780. The highest BCUT2D eigenvalue weighted by molar-refractivity contribution is 6.31. The molecule has 144 valence electrons. The molecule has 1 heterocycles. The summed E-state index contributed by atoms with van der Waals surface area (Å²) >= 11 is 6.44. The maximum Gasteiger partial charge on any atom is 0.255 e. The number of halogens is 1. The van der Waals surface area contributed by atoms with Crippen molar-refractivity contribution in [1.29, 1.82) is 0 Å². The number of benzene rings is 2. The summed E-state index contributed by atoms with van der Waals surface area (Å²) in [5.41, 5.74) is 1.50. The molecule has 1 N–H and O–H groups in total. The van der Waals surface area contributed by atoms with Gasteiger partial charge in [-0.25, -0.2) is 0 Å². The van der Waals surface area contributed by atoms with E-state index in [1.165, 1.54) is 20.0 Å². The first-order valence-corrected chi connectivity index (χ1v) is 9.51. The van der Waals surface area contributed by atoms with Crippen molar-refractivity contribution < 1.29 is 14.3 Å². The van der Waals surface area contributed by atoms with Gasteiger partial charge in [0.15, 0.2) is 11.5 Å². The van der Waals surface area contributed by atoms with E-state index in [4.69, 9.17) is 21.1 Å². The number of methoxy groups -OCH3 is 2. The first-order chi connectivity index (χ1) is 13.2. The van der Waals surface area contributed by atoms with Crippen LogP contribution in [0.15, 0.2) is 42.5 Å². The highest BCUT2D eigenvalue weighted by Crippen LogP contribution is 2.32. The molecule has 0 aromatic heterocycles. The van der Waals surface area contributed by atoms with Crippen molar-refractivity contribution >= 4 is 17.5 Å². The molecule has 1 atom stereocenters. The first kappa shape index (κ1) is 19.5. The van der Waals surface area contributed by atoms with Gasteiger partial charge in [-0.2, -0.15) is 0 Å². The quantitative estimate of drug-likeness (QED) is 0.780. The van der Waals surface area contributed by atoms with Crippen LogP contribution in [0.4, 0.5) is 0 Å². The Balaban J connectivity index is 1.80. The number of rotatable bonds is 7. The third kappa shape index (κ3) is 4.37. The number of para-hydroxylation sites is 1. The molecular formula is C21H25ClN2O3. The Morgan fingerprint density at radius 2 is 1.85 bits per heavy atom. The van der Waals surface area contributed by atoms with Crippen molar-refractivity contribution in [3.05, 3.63) is 58.6 Å². The largest absolute Gasteiger partial charge is 0.493 e. The van der Waals surface area contributed by atoms with Gasteiger partial charge in [0, 0.05) is 11.6 Å². The summed E-state index contributed by atoms with van der Waals surface area (Å²) in [4.78, 5) is 15.2. The Morgan fingerprint density at radius 3 is 2.52 bits per heavy atom. The fourth-order valence-electron chi connectivity index (χ4n) is 3.58. The van der Waals surface area contributed by atoms with Crippen molar-refractivity contribution in [2.75, 3.05) is 33.9 Å². The minimum absolute atomic E-state index is 0.0433. The average Bonchev–Trinajstić information content (AvgIpc) is 3.23. The Kier molecular flexibility index (Phi) is 6.58. The van der Waals surface area contributed by atoms with Crippen LogP contribution in [-0.4, -0.2) is 44.7 Å². The van der Waals surface area contributed by atoms with Crippen LogP contribution < -0.4 is 14.8 Å². The molecule has 0 saturated carbocycles. The molecule has 6 heteroatoms. The molecule has 1 aliphatic heterocycles. The van der Waals surface area contributed by atoms with Crippen LogP contribution in [0.5, 0.6) is 11.5 Å². The zero-order valence-electron chi connectivity index (χ0n) is 15.7. The standard InChI is InChI=1S/C21H25ClN2O3/c1-26-19-11-7-9-16(20(19)27-2)21(25)23-14-18(24-12-5-6-13-24)15-8-3-4-10-17(15)22/h3-4,7-11,18H,5-6,12-14H2,1-2H3,(H,23,25)/t18-/m0/s1. The fraction of sp³-hybridized carbons (Fsp3) is 0.381. The summed E-state index contributed by atoms with van der Waals surface area (Å²) in [7, 11) is 3.09. The number of carbonyl (C=O) groups is 1. The summed E-state index contributed by atoms with van der Waals surface area (Å²) < 4.78 is 10.7. The van der Waals surface area contributed by atoms with Gasteiger partial charge in [0.05, 0.1) is 25.8 Å². The zero-order valence-corrected chi connectivity index (χ0v) is 16.5. The molecule has 0 unspecified atom stereocenters. The van der Waals surface area contributed by atoms with Crippen molar-refractivity contribution in [3.63, 3.8) is 0 Å². The monoisotopic (exact) mass is 388 g/mol. The van der Waals surface area contributed by atoms with Crippen LogP contribution in [0.2, 0.25) is 5.02 Å². The van der Waals surface area contributed by atoms with Gasteiger partial charge in [0.25, 0.3) is 5.91 Å². The summed E-state index contributed by atoms with van der Waals surface area (Å²) in [5, 5.41) is 3.78. The smallest absolute Gasteiger partial charge is 0.255 e. The van der Waals surface area contributed by atoms with Crippen molar-refractivity contribution in [1.82, 2.24) is 10.2 Å². The normalized spacial score (nSPS) is 15.4. The number of nitrogens with zero attached hydrogens (tertiary/aromatic N) is 1. The van der Waals surface area contributed by atoms with Gasteiger partial charge >= 0.3 is 0 Å². The van der Waals surface area contributed by atoms with Crippen molar-refractivity contribution in [2.45, 2.75) is 18.9 Å². The van der Waals surface area contributed by atoms with Gasteiger partial charge in [0.1, 0.15) is 0 Å². The Morgan fingerprint density at radius 1 is 1.11 bits per heavy atom. The summed E-state index contributed by atoms with van der Waals surface area (Å²) in [6, 6.07) is 13.2. The summed E-state index contributed by atoms with van der Waals surface area (Å²) in [6.07, 6.45) is 2.33. The molecule has 1 saturated heterocycles. The third-order valence-electron chi connectivity index (χ3n) is 4.95. The predicted molar refractivity (Wildman–Crippen MR) is 107 cm³/mol. The summed E-state index contributed by atoms with van der Waals surface area (Å²) in [6.45, 7) is 2.49. The molecule has 0 radical (unpaired) electrons. The maximum atomic E-state index is 12.8. The molecule has 1 amide bonds. The lowest BCUT2D eigenvalue weighted by Gasteiger charge is -2.29. The third-order valence-corrected chi connectivity index (χ3v) is 5.29. The highest BCUT2D eigenvalue weighted by atomic mass is 35.5. The molecule has 2 aromatic rings. The molecule has 3 rings (SSSR count). The number of likely N-dealkylation sites (tertiary alicyclic amines) is 1. The van der Waals surface area contributed by atoms with E-state index >= 15 is 0 Å². The van der Waals surface area contributed by atoms with Crippen LogP contribution in [0.1, 0.15) is 34.8 Å². The van der Waals surface area contributed by atoms with E-state index in [0.717, 1.165) is 23.7 Å². The van der Waals surface area contributed by atoms with Crippen molar-refractivity contribution in [2.24, 2.45) is 0 Å². The number of hydrogen-bond acceptors (Lipinski definition) is 4. The van der Waals surface area contributed by atoms with E-state index < -0.39 is 0 Å². The lowest BCUT2D eigenvalue weighted by Crippen LogP contribution is -2.37. The van der Waals surface area contributed by atoms with E-state index in [-0.39, 0.29) is 11.9 Å². The van der Waals surface area contributed by atoms with E-state index in [1.807, 2.05) is 24.3 Å². The molecule has 0 aliphatic carbocycles. The average molecular weight is 389 g/mol. The number of hydrogen-bond donors (Lipinski definition) is 1. The second kappa shape index (κ2) is 9.11. The number of ether oxygens (including phenoxy) is 2. The highest BCUT2D eigenvalue weighted by Gasteiger charge is 2.26. The number of amides is 1. The predicted octanol–water partition coefficient (Wildman–Crippen LogP) is 3.92. The van der Waals surface area contributed by atoms with E-state index in [2.05, 4.69) is 10.2 Å².